The topological polar surface area (TPSA) is 86.6 Å². The van der Waals surface area contributed by atoms with E-state index < -0.39 is 11.9 Å². The van der Waals surface area contributed by atoms with Crippen LogP contribution in [0.4, 0.5) is 0 Å². The van der Waals surface area contributed by atoms with Gasteiger partial charge in [0.05, 0.1) is 11.1 Å². The number of carbonyl (C=O) groups is 2. The fourth-order valence-electron chi connectivity index (χ4n) is 1.24. The van der Waals surface area contributed by atoms with Crippen LogP contribution in [0.3, 0.4) is 0 Å². The number of nitrogens with one attached hydrogen (secondary N) is 1. The van der Waals surface area contributed by atoms with Crippen LogP contribution in [0.1, 0.15) is 40.1 Å². The van der Waals surface area contributed by atoms with Crippen LogP contribution in [-0.2, 0) is 0 Å². The Kier molecular flexibility index (Phi) is 5.74. The van der Waals surface area contributed by atoms with Gasteiger partial charge in [0.1, 0.15) is 5.75 Å². The number of amides is 1. The van der Waals surface area contributed by atoms with Gasteiger partial charge in [-0.2, -0.15) is 0 Å². The van der Waals surface area contributed by atoms with Crippen molar-refractivity contribution < 1.29 is 19.8 Å². The predicted octanol–water partition coefficient (Wildman–Crippen LogP) is 1.78. The molecule has 0 unspecified atom stereocenters. The second kappa shape index (κ2) is 6.52. The van der Waals surface area contributed by atoms with Gasteiger partial charge in [-0.15, -0.1) is 0 Å². The van der Waals surface area contributed by atoms with Crippen LogP contribution in [0, 0.1) is 6.92 Å². The Morgan fingerprint density at radius 3 is 2.12 bits per heavy atom. The molecule has 5 nitrogen and oxygen atoms in total. The first-order valence-electron chi connectivity index (χ1n) is 5.26. The van der Waals surface area contributed by atoms with Crippen molar-refractivity contribution >= 4 is 11.9 Å². The van der Waals surface area contributed by atoms with E-state index in [1.807, 2.05) is 13.8 Å². The zero-order valence-electron chi connectivity index (χ0n) is 10.4. The third-order valence-electron chi connectivity index (χ3n) is 2.04. The van der Waals surface area contributed by atoms with E-state index >= 15 is 0 Å². The highest BCUT2D eigenvalue weighted by molar-refractivity contribution is 6.00. The molecule has 0 fully saturated rings. The summed E-state index contributed by atoms with van der Waals surface area (Å²) in [7, 11) is 1.40. The van der Waals surface area contributed by atoms with Gasteiger partial charge in [0.2, 0.25) is 0 Å². The molecule has 0 saturated carbocycles. The van der Waals surface area contributed by atoms with Crippen LogP contribution in [0.25, 0.3) is 0 Å². The Morgan fingerprint density at radius 2 is 1.71 bits per heavy atom. The fraction of sp³-hybridized carbons (Fsp3) is 0.333. The van der Waals surface area contributed by atoms with Crippen molar-refractivity contribution in [1.82, 2.24) is 5.32 Å². The minimum absolute atomic E-state index is 0.00593. The largest absolute Gasteiger partial charge is 0.507 e. The zero-order valence-corrected chi connectivity index (χ0v) is 10.4. The zero-order chi connectivity index (χ0) is 13.6. The average Bonchev–Trinajstić information content (AvgIpc) is 2.30. The van der Waals surface area contributed by atoms with E-state index in [-0.39, 0.29) is 16.9 Å². The van der Waals surface area contributed by atoms with Gasteiger partial charge in [0.25, 0.3) is 5.91 Å². The summed E-state index contributed by atoms with van der Waals surface area (Å²) in [5.74, 6) is -1.87. The number of benzene rings is 1. The number of hydrogen-bond acceptors (Lipinski definition) is 3. The van der Waals surface area contributed by atoms with E-state index in [1.54, 1.807) is 6.92 Å². The number of carboxylic acid groups (broad SMARTS) is 1. The van der Waals surface area contributed by atoms with Gasteiger partial charge < -0.3 is 15.5 Å². The lowest BCUT2D eigenvalue weighted by atomic mass is 10.0. The van der Waals surface area contributed by atoms with Crippen LogP contribution < -0.4 is 5.32 Å². The number of hydrogen-bond donors (Lipinski definition) is 3. The number of aromatic carboxylic acids is 1. The normalized spacial score (nSPS) is 8.94. The maximum Gasteiger partial charge on any atom is 0.335 e. The Hall–Kier alpha value is -2.04. The van der Waals surface area contributed by atoms with Crippen LogP contribution in [0.5, 0.6) is 5.75 Å². The highest BCUT2D eigenvalue weighted by Crippen LogP contribution is 2.22. The van der Waals surface area contributed by atoms with Gasteiger partial charge in [-0.25, -0.2) is 4.79 Å². The van der Waals surface area contributed by atoms with Crippen LogP contribution in [0.15, 0.2) is 12.1 Å². The quantitative estimate of drug-likeness (QED) is 0.734. The van der Waals surface area contributed by atoms with E-state index in [9.17, 15) is 14.7 Å². The monoisotopic (exact) mass is 239 g/mol. The molecular weight excluding hydrogens is 222 g/mol. The summed E-state index contributed by atoms with van der Waals surface area (Å²) in [6, 6.07) is 2.42. The van der Waals surface area contributed by atoms with Crippen molar-refractivity contribution in [3.8, 4) is 5.75 Å². The Morgan fingerprint density at radius 1 is 1.18 bits per heavy atom. The Labute approximate surface area is 100 Å². The van der Waals surface area contributed by atoms with Crippen molar-refractivity contribution in [3.63, 3.8) is 0 Å². The molecule has 0 bridgehead atoms. The summed E-state index contributed by atoms with van der Waals surface area (Å²) in [5.41, 5.74) is 0.375. The van der Waals surface area contributed by atoms with Gasteiger partial charge in [0.15, 0.2) is 0 Å². The first kappa shape index (κ1) is 15.0. The maximum atomic E-state index is 11.3. The Balaban J connectivity index is 0.00000121. The molecule has 3 N–H and O–H groups in total. The Bertz CT molecular complexity index is 427. The first-order chi connectivity index (χ1) is 7.97. The number of carbonyl (C=O) groups excluding carboxylic acids is 1. The fourth-order valence-corrected chi connectivity index (χ4v) is 1.24. The third-order valence-corrected chi connectivity index (χ3v) is 2.04. The van der Waals surface area contributed by atoms with Crippen molar-refractivity contribution in [3.05, 3.63) is 28.8 Å². The molecule has 5 heteroatoms. The van der Waals surface area contributed by atoms with E-state index in [4.69, 9.17) is 5.11 Å². The molecule has 0 spiro atoms. The number of rotatable bonds is 2. The molecule has 0 atom stereocenters. The molecule has 1 aromatic carbocycles. The predicted molar refractivity (Wildman–Crippen MR) is 64.5 cm³/mol. The summed E-state index contributed by atoms with van der Waals surface area (Å²) in [6.45, 7) is 5.55. The molecule has 0 heterocycles. The average molecular weight is 239 g/mol. The summed E-state index contributed by atoms with van der Waals surface area (Å²) in [5, 5.41) is 20.6. The van der Waals surface area contributed by atoms with E-state index in [1.165, 1.54) is 13.1 Å². The van der Waals surface area contributed by atoms with Crippen molar-refractivity contribution in [2.75, 3.05) is 7.05 Å². The van der Waals surface area contributed by atoms with Gasteiger partial charge >= 0.3 is 5.97 Å². The molecule has 0 aliphatic rings. The van der Waals surface area contributed by atoms with Crippen molar-refractivity contribution in [1.29, 1.82) is 0 Å². The van der Waals surface area contributed by atoms with Gasteiger partial charge in [-0.05, 0) is 24.6 Å². The van der Waals surface area contributed by atoms with Crippen LogP contribution in [-0.4, -0.2) is 29.1 Å². The second-order valence-electron chi connectivity index (χ2n) is 3.07. The van der Waals surface area contributed by atoms with Crippen molar-refractivity contribution in [2.45, 2.75) is 20.8 Å². The molecule has 0 saturated heterocycles. The number of carboxylic acids is 1. The molecule has 17 heavy (non-hydrogen) atoms. The summed E-state index contributed by atoms with van der Waals surface area (Å²) < 4.78 is 0. The molecule has 1 amide bonds. The van der Waals surface area contributed by atoms with Gasteiger partial charge in [0, 0.05) is 7.05 Å². The minimum Gasteiger partial charge on any atom is -0.507 e. The van der Waals surface area contributed by atoms with E-state index in [2.05, 4.69) is 5.32 Å². The maximum absolute atomic E-state index is 11.3. The lowest BCUT2D eigenvalue weighted by Gasteiger charge is -2.07. The summed E-state index contributed by atoms with van der Waals surface area (Å²) in [4.78, 5) is 22.0. The highest BCUT2D eigenvalue weighted by Gasteiger charge is 2.15. The van der Waals surface area contributed by atoms with Crippen LogP contribution >= 0.6 is 0 Å². The molecule has 1 aromatic rings. The van der Waals surface area contributed by atoms with Crippen LogP contribution in [0.2, 0.25) is 0 Å². The number of aryl methyl sites for hydroxylation is 1. The van der Waals surface area contributed by atoms with Gasteiger partial charge in [-0.3, -0.25) is 4.79 Å². The molecule has 1 rings (SSSR count). The standard InChI is InChI=1S/C10H11NO4.C2H6/c1-5-3-8(12)7(9(13)11-2)4-6(5)10(14)15;1-2/h3-4,12H,1-2H3,(H,11,13)(H,14,15);1-2H3. The minimum atomic E-state index is -1.13. The summed E-state index contributed by atoms with van der Waals surface area (Å²) in [6.07, 6.45) is 0. The number of phenols is 1. The smallest absolute Gasteiger partial charge is 0.335 e. The second-order valence-corrected chi connectivity index (χ2v) is 3.07. The lowest BCUT2D eigenvalue weighted by Crippen LogP contribution is -2.18. The molecule has 0 aromatic heterocycles. The molecule has 0 radical (unpaired) electrons. The molecule has 0 aliphatic heterocycles. The SMILES string of the molecule is CC.CNC(=O)c1cc(C(=O)O)c(C)cc1O. The van der Waals surface area contributed by atoms with E-state index in [0.29, 0.717) is 5.56 Å². The van der Waals surface area contributed by atoms with Crippen molar-refractivity contribution in [2.24, 2.45) is 0 Å². The third kappa shape index (κ3) is 3.48. The molecule has 0 aliphatic carbocycles. The summed E-state index contributed by atoms with van der Waals surface area (Å²) >= 11 is 0. The number of phenolic OH excluding ortho intramolecular Hbond substituents is 1. The highest BCUT2D eigenvalue weighted by atomic mass is 16.4. The van der Waals surface area contributed by atoms with E-state index in [0.717, 1.165) is 6.07 Å². The molecular formula is C12H17NO4. The first-order valence-corrected chi connectivity index (χ1v) is 5.26. The van der Waals surface area contributed by atoms with Gasteiger partial charge in [-0.1, -0.05) is 13.8 Å². The number of aromatic hydroxyl groups is 1. The molecule has 94 valence electrons. The lowest BCUT2D eigenvalue weighted by molar-refractivity contribution is 0.0696.